The second kappa shape index (κ2) is 7.29. The predicted octanol–water partition coefficient (Wildman–Crippen LogP) is 4.00. The topological polar surface area (TPSA) is 84.7 Å². The monoisotopic (exact) mass is 404 g/mol. The van der Waals surface area contributed by atoms with Gasteiger partial charge in [-0.15, -0.1) is 11.3 Å². The number of benzene rings is 2. The highest BCUT2D eigenvalue weighted by Crippen LogP contribution is 2.31. The van der Waals surface area contributed by atoms with Gasteiger partial charge in [0.1, 0.15) is 16.7 Å². The van der Waals surface area contributed by atoms with Gasteiger partial charge in [-0.1, -0.05) is 24.3 Å². The average molecular weight is 404 g/mol. The number of nitrogens with one attached hydrogen (secondary N) is 2. The standard InChI is InChI=1S/C21H20N6OS/c1-13-22-19-10-9-16(12-27(19)26-13)24-21(28)23-15-6-4-5-14(11-15)20-25-17-7-2-3-8-18(17)29-20/h2-8,11,16H,9-10,12H2,1H3,(H2,23,24,28). The summed E-state index contributed by atoms with van der Waals surface area (Å²) in [6, 6.07) is 15.7. The molecule has 2 N–H and O–H groups in total. The number of nitrogens with zero attached hydrogens (tertiary/aromatic N) is 4. The quantitative estimate of drug-likeness (QED) is 0.540. The normalized spacial score (nSPS) is 15.8. The highest BCUT2D eigenvalue weighted by molar-refractivity contribution is 7.21. The SMILES string of the molecule is Cc1nc2n(n1)CC(NC(=O)Nc1cccc(-c3nc4ccccc4s3)c1)CC2. The van der Waals surface area contributed by atoms with Crippen molar-refractivity contribution in [1.82, 2.24) is 25.1 Å². The molecule has 1 atom stereocenters. The molecule has 2 amide bonds. The highest BCUT2D eigenvalue weighted by Gasteiger charge is 2.22. The lowest BCUT2D eigenvalue weighted by atomic mass is 10.1. The Kier molecular flexibility index (Phi) is 4.48. The van der Waals surface area contributed by atoms with E-state index in [0.29, 0.717) is 6.54 Å². The number of amides is 2. The van der Waals surface area contributed by atoms with Crippen LogP contribution in [0.5, 0.6) is 0 Å². The van der Waals surface area contributed by atoms with Crippen molar-refractivity contribution in [2.75, 3.05) is 5.32 Å². The molecule has 8 heteroatoms. The maximum atomic E-state index is 12.5. The molecule has 1 aliphatic rings. The summed E-state index contributed by atoms with van der Waals surface area (Å²) in [6.07, 6.45) is 1.68. The summed E-state index contributed by atoms with van der Waals surface area (Å²) in [4.78, 5) is 21.6. The molecule has 4 aromatic rings. The lowest BCUT2D eigenvalue weighted by Crippen LogP contribution is -2.43. The van der Waals surface area contributed by atoms with Crippen LogP contribution in [0.4, 0.5) is 10.5 Å². The molecule has 5 rings (SSSR count). The third-order valence-electron chi connectivity index (χ3n) is 4.96. The van der Waals surface area contributed by atoms with E-state index in [1.807, 2.05) is 54.1 Å². The minimum Gasteiger partial charge on any atom is -0.333 e. The van der Waals surface area contributed by atoms with Crippen molar-refractivity contribution < 1.29 is 4.79 Å². The van der Waals surface area contributed by atoms with E-state index < -0.39 is 0 Å². The van der Waals surface area contributed by atoms with Crippen LogP contribution in [0, 0.1) is 6.92 Å². The molecule has 7 nitrogen and oxygen atoms in total. The van der Waals surface area contributed by atoms with E-state index in [1.165, 1.54) is 0 Å². The first-order valence-electron chi connectivity index (χ1n) is 9.58. The first-order valence-corrected chi connectivity index (χ1v) is 10.4. The fourth-order valence-corrected chi connectivity index (χ4v) is 4.59. The second-order valence-electron chi connectivity index (χ2n) is 7.16. The third-order valence-corrected chi connectivity index (χ3v) is 6.05. The third kappa shape index (κ3) is 3.71. The number of urea groups is 1. The number of thiazole rings is 1. The molecule has 29 heavy (non-hydrogen) atoms. The number of aromatic nitrogens is 4. The van der Waals surface area contributed by atoms with Gasteiger partial charge in [-0.2, -0.15) is 5.10 Å². The zero-order valence-electron chi connectivity index (χ0n) is 15.9. The van der Waals surface area contributed by atoms with Crippen molar-refractivity contribution in [3.8, 4) is 10.6 Å². The van der Waals surface area contributed by atoms with Crippen LogP contribution in [-0.4, -0.2) is 31.8 Å². The Balaban J connectivity index is 1.27. The van der Waals surface area contributed by atoms with Gasteiger partial charge in [-0.05, 0) is 37.6 Å². The summed E-state index contributed by atoms with van der Waals surface area (Å²) in [5, 5.41) is 11.3. The molecule has 3 heterocycles. The van der Waals surface area contributed by atoms with Crippen LogP contribution in [0.2, 0.25) is 0 Å². The van der Waals surface area contributed by atoms with E-state index in [-0.39, 0.29) is 12.1 Å². The second-order valence-corrected chi connectivity index (χ2v) is 8.19. The van der Waals surface area contributed by atoms with Crippen molar-refractivity contribution in [3.05, 3.63) is 60.2 Å². The fraction of sp³-hybridized carbons (Fsp3) is 0.238. The molecular weight excluding hydrogens is 384 g/mol. The Bertz CT molecular complexity index is 1160. The molecular formula is C21H20N6OS. The van der Waals surface area contributed by atoms with Crippen LogP contribution in [0.1, 0.15) is 18.1 Å². The molecule has 2 aromatic carbocycles. The minimum absolute atomic E-state index is 0.0380. The van der Waals surface area contributed by atoms with Gasteiger partial charge in [0, 0.05) is 17.7 Å². The highest BCUT2D eigenvalue weighted by atomic mass is 32.1. The molecule has 1 unspecified atom stereocenters. The molecule has 0 bridgehead atoms. The van der Waals surface area contributed by atoms with Gasteiger partial charge in [-0.25, -0.2) is 19.4 Å². The first kappa shape index (κ1) is 17.8. The van der Waals surface area contributed by atoms with E-state index in [9.17, 15) is 4.79 Å². The minimum atomic E-state index is -0.211. The summed E-state index contributed by atoms with van der Waals surface area (Å²) < 4.78 is 3.04. The Morgan fingerprint density at radius 1 is 1.17 bits per heavy atom. The van der Waals surface area contributed by atoms with Crippen molar-refractivity contribution in [1.29, 1.82) is 0 Å². The van der Waals surface area contributed by atoms with E-state index in [0.717, 1.165) is 51.0 Å². The maximum absolute atomic E-state index is 12.5. The van der Waals surface area contributed by atoms with Crippen molar-refractivity contribution >= 4 is 33.3 Å². The number of aryl methyl sites for hydroxylation is 2. The number of anilines is 1. The van der Waals surface area contributed by atoms with Gasteiger partial charge in [0.15, 0.2) is 0 Å². The number of fused-ring (bicyclic) bond motifs is 2. The summed E-state index contributed by atoms with van der Waals surface area (Å²) in [5.74, 6) is 1.77. The molecule has 0 spiro atoms. The maximum Gasteiger partial charge on any atom is 0.319 e. The van der Waals surface area contributed by atoms with Crippen molar-refractivity contribution in [3.63, 3.8) is 0 Å². The molecule has 0 aliphatic carbocycles. The van der Waals surface area contributed by atoms with Crippen LogP contribution in [0.25, 0.3) is 20.8 Å². The first-order chi connectivity index (χ1) is 14.1. The summed E-state index contributed by atoms with van der Waals surface area (Å²) in [6.45, 7) is 2.54. The van der Waals surface area contributed by atoms with Gasteiger partial charge in [0.2, 0.25) is 0 Å². The number of para-hydroxylation sites is 1. The summed E-state index contributed by atoms with van der Waals surface area (Å²) in [7, 11) is 0. The van der Waals surface area contributed by atoms with E-state index >= 15 is 0 Å². The van der Waals surface area contributed by atoms with Gasteiger partial charge in [0.25, 0.3) is 0 Å². The molecule has 0 radical (unpaired) electrons. The molecule has 1 aliphatic heterocycles. The van der Waals surface area contributed by atoms with Crippen molar-refractivity contribution in [2.24, 2.45) is 0 Å². The smallest absolute Gasteiger partial charge is 0.319 e. The fourth-order valence-electron chi connectivity index (χ4n) is 3.63. The zero-order chi connectivity index (χ0) is 19.8. The van der Waals surface area contributed by atoms with E-state index in [2.05, 4.69) is 26.8 Å². The Labute approximate surface area is 171 Å². The lowest BCUT2D eigenvalue weighted by molar-refractivity contribution is 0.243. The summed E-state index contributed by atoms with van der Waals surface area (Å²) in [5.41, 5.74) is 2.72. The largest absolute Gasteiger partial charge is 0.333 e. The predicted molar refractivity (Wildman–Crippen MR) is 114 cm³/mol. The van der Waals surface area contributed by atoms with E-state index in [4.69, 9.17) is 4.98 Å². The molecule has 0 fully saturated rings. The van der Waals surface area contributed by atoms with Crippen LogP contribution in [0.3, 0.4) is 0 Å². The molecule has 0 saturated carbocycles. The van der Waals surface area contributed by atoms with Gasteiger partial charge in [0.05, 0.1) is 22.8 Å². The molecule has 2 aromatic heterocycles. The Morgan fingerprint density at radius 2 is 2.07 bits per heavy atom. The number of rotatable bonds is 3. The number of hydrogen-bond acceptors (Lipinski definition) is 5. The zero-order valence-corrected chi connectivity index (χ0v) is 16.7. The van der Waals surface area contributed by atoms with E-state index in [1.54, 1.807) is 11.3 Å². The van der Waals surface area contributed by atoms with Gasteiger partial charge < -0.3 is 10.6 Å². The number of carbonyl (C=O) groups excluding carboxylic acids is 1. The molecule has 146 valence electrons. The molecule has 0 saturated heterocycles. The van der Waals surface area contributed by atoms with Gasteiger partial charge in [-0.3, -0.25) is 0 Å². The number of hydrogen-bond donors (Lipinski definition) is 2. The lowest BCUT2D eigenvalue weighted by Gasteiger charge is -2.23. The Hall–Kier alpha value is -3.26. The van der Waals surface area contributed by atoms with Crippen LogP contribution >= 0.6 is 11.3 Å². The van der Waals surface area contributed by atoms with Crippen LogP contribution in [0.15, 0.2) is 48.5 Å². The number of carbonyl (C=O) groups is 1. The average Bonchev–Trinajstić information content (AvgIpc) is 3.30. The van der Waals surface area contributed by atoms with Crippen molar-refractivity contribution in [2.45, 2.75) is 32.4 Å². The Morgan fingerprint density at radius 3 is 2.97 bits per heavy atom. The summed E-state index contributed by atoms with van der Waals surface area (Å²) >= 11 is 1.65. The van der Waals surface area contributed by atoms with Crippen LogP contribution < -0.4 is 10.6 Å². The van der Waals surface area contributed by atoms with Gasteiger partial charge >= 0.3 is 6.03 Å². The van der Waals surface area contributed by atoms with Crippen LogP contribution in [-0.2, 0) is 13.0 Å².